The minimum atomic E-state index is 0.963. The van der Waals surface area contributed by atoms with E-state index in [1.165, 1.54) is 180 Å². The number of hydrogen-bond acceptors (Lipinski definition) is 0. The van der Waals surface area contributed by atoms with Gasteiger partial charge in [0.25, 0.3) is 0 Å². The highest BCUT2D eigenvalue weighted by Gasteiger charge is 2.04. The zero-order chi connectivity index (χ0) is 25.0. The van der Waals surface area contributed by atoms with Gasteiger partial charge in [-0.05, 0) is 11.8 Å². The Labute approximate surface area is 219 Å². The normalized spacial score (nSPS) is 13.4. The van der Waals surface area contributed by atoms with Gasteiger partial charge in [0.2, 0.25) is 0 Å². The van der Waals surface area contributed by atoms with E-state index in [0.29, 0.717) is 0 Å². The maximum absolute atomic E-state index is 2.50. The third-order valence-electron chi connectivity index (χ3n) is 8.24. The van der Waals surface area contributed by atoms with Crippen LogP contribution in [0.15, 0.2) is 0 Å². The monoisotopic (exact) mass is 479 g/mol. The second-order valence-corrected chi connectivity index (χ2v) is 12.1. The quantitative estimate of drug-likeness (QED) is 0.0937. The van der Waals surface area contributed by atoms with Crippen LogP contribution in [0.4, 0.5) is 0 Å². The molecule has 0 saturated carbocycles. The van der Waals surface area contributed by atoms with Gasteiger partial charge in [-0.3, -0.25) is 0 Å². The Morgan fingerprint density at radius 3 is 0.647 bits per heavy atom. The molecule has 0 bridgehead atoms. The molecule has 0 heteroatoms. The molecule has 0 rings (SSSR count). The van der Waals surface area contributed by atoms with E-state index in [2.05, 4.69) is 27.7 Å². The minimum absolute atomic E-state index is 0.963. The van der Waals surface area contributed by atoms with Crippen LogP contribution in [0, 0.1) is 11.8 Å². The zero-order valence-electron chi connectivity index (χ0n) is 25.0. The number of hydrogen-bond donors (Lipinski definition) is 0. The summed E-state index contributed by atoms with van der Waals surface area (Å²) < 4.78 is 0. The summed E-state index contributed by atoms with van der Waals surface area (Å²) in [5.41, 5.74) is 0. The fraction of sp³-hybridized carbons (Fsp3) is 1.00. The zero-order valence-corrected chi connectivity index (χ0v) is 25.0. The van der Waals surface area contributed by atoms with E-state index in [9.17, 15) is 0 Å². The summed E-state index contributed by atoms with van der Waals surface area (Å²) in [6.45, 7) is 9.62. The van der Waals surface area contributed by atoms with Crippen molar-refractivity contribution in [3.8, 4) is 0 Å². The maximum Gasteiger partial charge on any atom is -0.0443 e. The first kappa shape index (κ1) is 34.0. The van der Waals surface area contributed by atoms with Crippen LogP contribution in [0.2, 0.25) is 0 Å². The molecule has 0 radical (unpaired) electrons. The Balaban J connectivity index is 3.24. The third kappa shape index (κ3) is 28.2. The van der Waals surface area contributed by atoms with Crippen molar-refractivity contribution < 1.29 is 0 Å². The van der Waals surface area contributed by atoms with Gasteiger partial charge in [0, 0.05) is 0 Å². The van der Waals surface area contributed by atoms with Gasteiger partial charge >= 0.3 is 0 Å². The predicted molar refractivity (Wildman–Crippen MR) is 159 cm³/mol. The first-order chi connectivity index (χ1) is 16.7. The summed E-state index contributed by atoms with van der Waals surface area (Å²) in [6, 6.07) is 0. The largest absolute Gasteiger partial charge is 0.0654 e. The van der Waals surface area contributed by atoms with Gasteiger partial charge < -0.3 is 0 Å². The lowest BCUT2D eigenvalue weighted by Crippen LogP contribution is -1.96. The molecule has 0 aromatic rings. The van der Waals surface area contributed by atoms with E-state index >= 15 is 0 Å². The summed E-state index contributed by atoms with van der Waals surface area (Å²) in [4.78, 5) is 0. The minimum Gasteiger partial charge on any atom is -0.0654 e. The fourth-order valence-electron chi connectivity index (χ4n) is 5.59. The van der Waals surface area contributed by atoms with Crippen molar-refractivity contribution in [2.24, 2.45) is 11.8 Å². The maximum atomic E-state index is 2.50. The lowest BCUT2D eigenvalue weighted by atomic mass is 9.94. The molecule has 0 aromatic carbocycles. The molecule has 0 nitrogen and oxygen atoms in total. The van der Waals surface area contributed by atoms with Gasteiger partial charge in [-0.1, -0.05) is 207 Å². The van der Waals surface area contributed by atoms with Crippen LogP contribution in [0.5, 0.6) is 0 Å². The van der Waals surface area contributed by atoms with Crippen molar-refractivity contribution in [2.45, 2.75) is 207 Å². The number of rotatable bonds is 29. The van der Waals surface area contributed by atoms with Gasteiger partial charge in [-0.15, -0.1) is 0 Å². The van der Waals surface area contributed by atoms with Crippen molar-refractivity contribution in [1.29, 1.82) is 0 Å². The molecule has 2 unspecified atom stereocenters. The lowest BCUT2D eigenvalue weighted by Gasteiger charge is -2.12. The van der Waals surface area contributed by atoms with Gasteiger partial charge in [0.1, 0.15) is 0 Å². The Hall–Kier alpha value is 0. The Morgan fingerprint density at radius 1 is 0.265 bits per heavy atom. The molecule has 0 N–H and O–H groups in total. The smallest absolute Gasteiger partial charge is 0.0443 e. The molecule has 2 atom stereocenters. The molecule has 0 saturated heterocycles. The van der Waals surface area contributed by atoms with Crippen LogP contribution in [0.1, 0.15) is 207 Å². The Kier molecular flexibility index (Phi) is 29.2. The molecule has 0 aliphatic rings. The average Bonchev–Trinajstić information content (AvgIpc) is 2.83. The third-order valence-corrected chi connectivity index (χ3v) is 8.24. The predicted octanol–water partition coefficient (Wildman–Crippen LogP) is 13.2. The molecule has 0 fully saturated rings. The fourth-order valence-corrected chi connectivity index (χ4v) is 5.59. The van der Waals surface area contributed by atoms with E-state index in [-0.39, 0.29) is 0 Å². The summed E-state index contributed by atoms with van der Waals surface area (Å²) in [7, 11) is 0. The first-order valence-corrected chi connectivity index (χ1v) is 16.7. The van der Waals surface area contributed by atoms with Crippen molar-refractivity contribution >= 4 is 0 Å². The van der Waals surface area contributed by atoms with Gasteiger partial charge in [0.05, 0.1) is 0 Å². The van der Waals surface area contributed by atoms with Gasteiger partial charge in [-0.25, -0.2) is 0 Å². The molecule has 0 amide bonds. The molecular weight excluding hydrogens is 408 g/mol. The van der Waals surface area contributed by atoms with Crippen molar-refractivity contribution in [3.63, 3.8) is 0 Å². The molecule has 0 aliphatic heterocycles. The molecule has 0 aromatic heterocycles. The second kappa shape index (κ2) is 29.2. The summed E-state index contributed by atoms with van der Waals surface area (Å²) >= 11 is 0. The van der Waals surface area contributed by atoms with Crippen molar-refractivity contribution in [3.05, 3.63) is 0 Å². The first-order valence-electron chi connectivity index (χ1n) is 16.7. The Morgan fingerprint density at radius 2 is 0.441 bits per heavy atom. The highest BCUT2D eigenvalue weighted by molar-refractivity contribution is 4.58. The Bertz CT molecular complexity index is 346. The highest BCUT2D eigenvalue weighted by Crippen LogP contribution is 2.21. The lowest BCUT2D eigenvalue weighted by molar-refractivity contribution is 0.416. The van der Waals surface area contributed by atoms with E-state index in [1.807, 2.05) is 0 Å². The van der Waals surface area contributed by atoms with Crippen LogP contribution < -0.4 is 0 Å². The van der Waals surface area contributed by atoms with E-state index in [1.54, 1.807) is 0 Å². The van der Waals surface area contributed by atoms with E-state index in [4.69, 9.17) is 0 Å². The molecule has 0 aliphatic carbocycles. The standard InChI is InChI=1S/C34H70/c1-5-7-9-11-13-15-17-19-22-26-30-34(4)32-28-24-20-23-27-31-33(3)29-25-21-18-16-14-12-10-8-6-2/h33-34H,5-32H2,1-4H3. The van der Waals surface area contributed by atoms with E-state index in [0.717, 1.165) is 11.8 Å². The molecule has 206 valence electrons. The van der Waals surface area contributed by atoms with Crippen LogP contribution in [0.3, 0.4) is 0 Å². The van der Waals surface area contributed by atoms with Crippen molar-refractivity contribution in [1.82, 2.24) is 0 Å². The molecule has 0 heterocycles. The van der Waals surface area contributed by atoms with Crippen LogP contribution >= 0.6 is 0 Å². The molecular formula is C34H70. The van der Waals surface area contributed by atoms with Gasteiger partial charge in [0.15, 0.2) is 0 Å². The SMILES string of the molecule is CCCCCCCCCCCCC(C)CCCCCCCC(C)CCCCCCCCCCC. The van der Waals surface area contributed by atoms with Crippen LogP contribution in [-0.4, -0.2) is 0 Å². The average molecular weight is 479 g/mol. The second-order valence-electron chi connectivity index (χ2n) is 12.1. The summed E-state index contributed by atoms with van der Waals surface area (Å²) in [5.74, 6) is 1.93. The highest BCUT2D eigenvalue weighted by atomic mass is 14.1. The van der Waals surface area contributed by atoms with Gasteiger partial charge in [-0.2, -0.15) is 0 Å². The van der Waals surface area contributed by atoms with Crippen molar-refractivity contribution in [2.75, 3.05) is 0 Å². The van der Waals surface area contributed by atoms with E-state index < -0.39 is 0 Å². The molecule has 0 spiro atoms. The summed E-state index contributed by atoms with van der Waals surface area (Å²) in [6.07, 6.45) is 41.1. The molecule has 34 heavy (non-hydrogen) atoms. The number of unbranched alkanes of at least 4 members (excludes halogenated alkanes) is 21. The van der Waals surface area contributed by atoms with Crippen LogP contribution in [-0.2, 0) is 0 Å². The summed E-state index contributed by atoms with van der Waals surface area (Å²) in [5, 5.41) is 0. The van der Waals surface area contributed by atoms with Crippen LogP contribution in [0.25, 0.3) is 0 Å². The topological polar surface area (TPSA) is 0 Å².